The first-order valence-corrected chi connectivity index (χ1v) is 11.5. The number of thioether (sulfide) groups is 1. The molecule has 0 saturated heterocycles. The Morgan fingerprint density at radius 1 is 0.970 bits per heavy atom. The third-order valence-electron chi connectivity index (χ3n) is 4.86. The van der Waals surface area contributed by atoms with Crippen LogP contribution in [-0.4, -0.2) is 37.2 Å². The molecule has 1 heterocycles. The van der Waals surface area contributed by atoms with E-state index < -0.39 is 0 Å². The predicted molar refractivity (Wildman–Crippen MR) is 131 cm³/mol. The molecular weight excluding hydrogens is 434 g/mol. The number of phenols is 1. The second kappa shape index (κ2) is 10.6. The van der Waals surface area contributed by atoms with E-state index in [-0.39, 0.29) is 17.4 Å². The van der Waals surface area contributed by atoms with Crippen molar-refractivity contribution < 1.29 is 9.90 Å². The lowest BCUT2D eigenvalue weighted by Gasteiger charge is -2.10. The van der Waals surface area contributed by atoms with Gasteiger partial charge in [-0.2, -0.15) is 5.10 Å². The number of hydrazone groups is 1. The van der Waals surface area contributed by atoms with Crippen molar-refractivity contribution in [2.75, 3.05) is 5.75 Å². The second-order valence-corrected chi connectivity index (χ2v) is 8.07. The van der Waals surface area contributed by atoms with Gasteiger partial charge in [-0.1, -0.05) is 67.2 Å². The Labute approximate surface area is 196 Å². The molecule has 4 aromatic rings. The van der Waals surface area contributed by atoms with Gasteiger partial charge in [0.05, 0.1) is 11.5 Å². The number of hydrogen-bond acceptors (Lipinski definition) is 6. The number of hydrogen-bond donors (Lipinski definition) is 2. The molecule has 1 amide bonds. The van der Waals surface area contributed by atoms with E-state index in [1.165, 1.54) is 11.8 Å². The molecule has 0 saturated carbocycles. The number of amides is 1. The van der Waals surface area contributed by atoms with Crippen molar-refractivity contribution >= 4 is 23.4 Å². The van der Waals surface area contributed by atoms with Crippen molar-refractivity contribution in [3.05, 3.63) is 90.5 Å². The third-order valence-corrected chi connectivity index (χ3v) is 5.79. The number of aromatic hydroxyl groups is 1. The fraction of sp³-hybridized carbons (Fsp3) is 0.120. The lowest BCUT2D eigenvalue weighted by atomic mass is 10.1. The highest BCUT2D eigenvalue weighted by Gasteiger charge is 2.17. The molecule has 2 N–H and O–H groups in total. The first kappa shape index (κ1) is 22.3. The molecule has 7 nitrogen and oxygen atoms in total. The molecule has 0 atom stereocenters. The fourth-order valence-electron chi connectivity index (χ4n) is 3.24. The molecule has 3 aromatic carbocycles. The largest absolute Gasteiger partial charge is 0.508 e. The number of carbonyl (C=O) groups excluding carboxylic acids is 1. The van der Waals surface area contributed by atoms with Gasteiger partial charge in [-0.15, -0.1) is 10.2 Å². The maximum Gasteiger partial charge on any atom is 0.250 e. The monoisotopic (exact) mass is 457 g/mol. The molecule has 33 heavy (non-hydrogen) atoms. The lowest BCUT2D eigenvalue weighted by molar-refractivity contribution is -0.118. The van der Waals surface area contributed by atoms with Gasteiger partial charge in [-0.3, -0.25) is 9.36 Å². The van der Waals surface area contributed by atoms with Crippen LogP contribution in [0, 0.1) is 0 Å². The van der Waals surface area contributed by atoms with Crippen LogP contribution in [-0.2, 0) is 4.79 Å². The summed E-state index contributed by atoms with van der Waals surface area (Å²) < 4.78 is 1.95. The Kier molecular flexibility index (Phi) is 7.16. The Morgan fingerprint density at radius 2 is 1.64 bits per heavy atom. The van der Waals surface area contributed by atoms with Crippen LogP contribution in [0.2, 0.25) is 0 Å². The summed E-state index contributed by atoms with van der Waals surface area (Å²) in [5.41, 5.74) is 6.06. The molecule has 0 unspecified atom stereocenters. The number of aromatic nitrogens is 3. The Bertz CT molecular complexity index is 1240. The van der Waals surface area contributed by atoms with E-state index in [4.69, 9.17) is 0 Å². The van der Waals surface area contributed by atoms with Gasteiger partial charge >= 0.3 is 0 Å². The molecule has 4 rings (SSSR count). The summed E-state index contributed by atoms with van der Waals surface area (Å²) in [5, 5.41) is 23.1. The zero-order valence-corrected chi connectivity index (χ0v) is 18.9. The van der Waals surface area contributed by atoms with Gasteiger partial charge in [0.2, 0.25) is 0 Å². The van der Waals surface area contributed by atoms with E-state index in [9.17, 15) is 9.90 Å². The Balaban J connectivity index is 1.50. The minimum Gasteiger partial charge on any atom is -0.508 e. The topological polar surface area (TPSA) is 92.4 Å². The first-order valence-electron chi connectivity index (χ1n) is 10.5. The van der Waals surface area contributed by atoms with Crippen LogP contribution < -0.4 is 5.43 Å². The summed E-state index contributed by atoms with van der Waals surface area (Å²) in [7, 11) is 0. The predicted octanol–water partition coefficient (Wildman–Crippen LogP) is 4.66. The van der Waals surface area contributed by atoms with Crippen molar-refractivity contribution in [1.29, 1.82) is 0 Å². The van der Waals surface area contributed by atoms with Crippen LogP contribution >= 0.6 is 11.8 Å². The van der Waals surface area contributed by atoms with Crippen LogP contribution in [0.1, 0.15) is 18.9 Å². The molecule has 0 bridgehead atoms. The van der Waals surface area contributed by atoms with E-state index in [1.807, 2.05) is 72.2 Å². The van der Waals surface area contributed by atoms with Crippen LogP contribution in [0.4, 0.5) is 0 Å². The third kappa shape index (κ3) is 5.48. The minimum absolute atomic E-state index is 0.135. The van der Waals surface area contributed by atoms with E-state index in [0.717, 1.165) is 22.5 Å². The summed E-state index contributed by atoms with van der Waals surface area (Å²) in [6, 6.07) is 26.4. The molecule has 0 aliphatic carbocycles. The van der Waals surface area contributed by atoms with Crippen LogP contribution in [0.5, 0.6) is 5.75 Å². The Morgan fingerprint density at radius 3 is 2.30 bits per heavy atom. The molecular formula is C25H23N5O2S. The summed E-state index contributed by atoms with van der Waals surface area (Å²) >= 11 is 1.30. The molecule has 1 aromatic heterocycles. The molecule has 0 fully saturated rings. The van der Waals surface area contributed by atoms with Crippen molar-refractivity contribution in [2.24, 2.45) is 5.10 Å². The van der Waals surface area contributed by atoms with E-state index in [0.29, 0.717) is 17.4 Å². The van der Waals surface area contributed by atoms with Gasteiger partial charge in [-0.05, 0) is 48.4 Å². The number of nitrogens with one attached hydrogen (secondary N) is 1. The van der Waals surface area contributed by atoms with Crippen molar-refractivity contribution in [2.45, 2.75) is 18.5 Å². The van der Waals surface area contributed by atoms with Crippen molar-refractivity contribution in [3.8, 4) is 22.8 Å². The number of carbonyl (C=O) groups is 1. The number of rotatable bonds is 8. The molecule has 0 aliphatic rings. The zero-order valence-electron chi connectivity index (χ0n) is 18.0. The van der Waals surface area contributed by atoms with Crippen LogP contribution in [0.25, 0.3) is 17.1 Å². The molecule has 0 aliphatic heterocycles. The highest BCUT2D eigenvalue weighted by atomic mass is 32.2. The smallest absolute Gasteiger partial charge is 0.250 e. The summed E-state index contributed by atoms with van der Waals surface area (Å²) in [4.78, 5) is 12.5. The number of nitrogens with zero attached hydrogens (tertiary/aromatic N) is 4. The van der Waals surface area contributed by atoms with E-state index in [1.54, 1.807) is 24.3 Å². The minimum atomic E-state index is -0.242. The zero-order chi connectivity index (χ0) is 23.0. The van der Waals surface area contributed by atoms with Crippen molar-refractivity contribution in [1.82, 2.24) is 20.2 Å². The Hall–Kier alpha value is -3.91. The van der Waals surface area contributed by atoms with Gasteiger partial charge in [0.1, 0.15) is 5.75 Å². The van der Waals surface area contributed by atoms with Gasteiger partial charge in [0.15, 0.2) is 11.0 Å². The highest BCUT2D eigenvalue weighted by molar-refractivity contribution is 7.99. The van der Waals surface area contributed by atoms with Crippen molar-refractivity contribution in [3.63, 3.8) is 0 Å². The van der Waals surface area contributed by atoms with E-state index >= 15 is 0 Å². The quantitative estimate of drug-likeness (QED) is 0.228. The summed E-state index contributed by atoms with van der Waals surface area (Å²) in [5.74, 6) is 0.791. The lowest BCUT2D eigenvalue weighted by Crippen LogP contribution is -2.22. The average Bonchev–Trinajstić information content (AvgIpc) is 3.29. The van der Waals surface area contributed by atoms with Gasteiger partial charge in [0, 0.05) is 11.3 Å². The number of phenolic OH excluding ortho intramolecular Hbond substituents is 1. The normalized spacial score (nSPS) is 11.4. The van der Waals surface area contributed by atoms with Crippen LogP contribution in [0.15, 0.2) is 95.2 Å². The van der Waals surface area contributed by atoms with Gasteiger partial charge in [-0.25, -0.2) is 5.43 Å². The van der Waals surface area contributed by atoms with Crippen LogP contribution in [0.3, 0.4) is 0 Å². The molecule has 166 valence electrons. The maximum absolute atomic E-state index is 12.5. The molecule has 8 heteroatoms. The average molecular weight is 458 g/mol. The SMILES string of the molecule is CC/C(=N/NC(=O)CSc1nnc(-c2ccccc2)n1-c1ccccc1)c1ccc(O)cc1. The maximum atomic E-state index is 12.5. The molecule has 0 radical (unpaired) electrons. The first-order chi connectivity index (χ1) is 16.2. The van der Waals surface area contributed by atoms with Gasteiger partial charge < -0.3 is 5.11 Å². The van der Waals surface area contributed by atoms with Gasteiger partial charge in [0.25, 0.3) is 5.91 Å². The number of para-hydroxylation sites is 1. The second-order valence-electron chi connectivity index (χ2n) is 7.13. The molecule has 0 spiro atoms. The summed E-state index contributed by atoms with van der Waals surface area (Å²) in [6.45, 7) is 1.96. The fourth-order valence-corrected chi connectivity index (χ4v) is 3.99. The van der Waals surface area contributed by atoms with E-state index in [2.05, 4.69) is 20.7 Å². The highest BCUT2D eigenvalue weighted by Crippen LogP contribution is 2.27. The summed E-state index contributed by atoms with van der Waals surface area (Å²) in [6.07, 6.45) is 0.640. The number of benzene rings is 3. The standard InChI is InChI=1S/C25H23N5O2S/c1-2-22(18-13-15-21(31)16-14-18)26-27-23(32)17-33-25-29-28-24(19-9-5-3-6-10-19)30(25)20-11-7-4-8-12-20/h3-16,31H,2,17H2,1H3,(H,27,32)/b26-22-.